The fourth-order valence-electron chi connectivity index (χ4n) is 2.98. The first-order valence-corrected chi connectivity index (χ1v) is 7.34. The molecule has 1 aromatic carbocycles. The zero-order valence-corrected chi connectivity index (χ0v) is 13.2. The monoisotopic (exact) mass is 297 g/mol. The summed E-state index contributed by atoms with van der Waals surface area (Å²) in [6.45, 7) is 5.48. The molecule has 1 aromatic rings. The topological polar surface area (TPSA) is 39.7 Å². The molecule has 0 spiro atoms. The molecular formula is C16H24FNO3. The number of hydrogen-bond acceptors (Lipinski definition) is 4. The molecule has 1 fully saturated rings. The van der Waals surface area contributed by atoms with Crippen LogP contribution in [0.4, 0.5) is 4.39 Å². The minimum Gasteiger partial charge on any atom is -0.493 e. The lowest BCUT2D eigenvalue weighted by Crippen LogP contribution is -2.41. The van der Waals surface area contributed by atoms with Crippen LogP contribution in [-0.4, -0.2) is 33.0 Å². The largest absolute Gasteiger partial charge is 0.493 e. The smallest absolute Gasteiger partial charge is 0.163 e. The number of likely N-dealkylation sites (N-methyl/N-ethyl adjacent to an activating group) is 1. The number of benzene rings is 1. The Labute approximate surface area is 125 Å². The van der Waals surface area contributed by atoms with Crippen LogP contribution in [0.15, 0.2) is 12.1 Å². The van der Waals surface area contributed by atoms with Crippen molar-refractivity contribution in [3.05, 3.63) is 23.5 Å². The highest BCUT2D eigenvalue weighted by Crippen LogP contribution is 2.41. The standard InChI is InChI=1S/C16H24FNO3/c1-5-18-15(16(2)7-6-8-21-16)11-9-13(19-3)14(20-4)10-12(11)17/h9-10,15,18H,5-8H2,1-4H3. The van der Waals surface area contributed by atoms with Crippen LogP contribution >= 0.6 is 0 Å². The lowest BCUT2D eigenvalue weighted by atomic mass is 9.87. The summed E-state index contributed by atoms with van der Waals surface area (Å²) in [5.41, 5.74) is 0.148. The van der Waals surface area contributed by atoms with E-state index in [2.05, 4.69) is 5.32 Å². The zero-order chi connectivity index (χ0) is 15.5. The lowest BCUT2D eigenvalue weighted by molar-refractivity contribution is -0.0130. The second kappa shape index (κ2) is 6.62. The molecule has 1 N–H and O–H groups in total. The van der Waals surface area contributed by atoms with E-state index < -0.39 is 5.60 Å². The summed E-state index contributed by atoms with van der Waals surface area (Å²) in [4.78, 5) is 0. The molecule has 0 bridgehead atoms. The van der Waals surface area contributed by atoms with E-state index in [1.165, 1.54) is 13.2 Å². The molecule has 0 radical (unpaired) electrons. The number of rotatable bonds is 6. The van der Waals surface area contributed by atoms with Crippen LogP contribution in [0.1, 0.15) is 38.3 Å². The van der Waals surface area contributed by atoms with E-state index in [0.717, 1.165) is 19.4 Å². The Hall–Kier alpha value is -1.33. The Morgan fingerprint density at radius 3 is 2.52 bits per heavy atom. The highest BCUT2D eigenvalue weighted by Gasteiger charge is 2.40. The summed E-state index contributed by atoms with van der Waals surface area (Å²) in [6, 6.07) is 2.86. The van der Waals surface area contributed by atoms with Crippen LogP contribution in [0, 0.1) is 5.82 Å². The summed E-state index contributed by atoms with van der Waals surface area (Å²) in [6.07, 6.45) is 1.89. The van der Waals surface area contributed by atoms with Gasteiger partial charge in [-0.05, 0) is 32.4 Å². The molecule has 2 atom stereocenters. The molecule has 0 amide bonds. The molecule has 118 valence electrons. The van der Waals surface area contributed by atoms with Crippen molar-refractivity contribution in [2.45, 2.75) is 38.3 Å². The number of nitrogens with one attached hydrogen (secondary N) is 1. The molecule has 4 nitrogen and oxygen atoms in total. The van der Waals surface area contributed by atoms with Crippen molar-refractivity contribution in [3.63, 3.8) is 0 Å². The van der Waals surface area contributed by atoms with Gasteiger partial charge in [-0.1, -0.05) is 6.92 Å². The SMILES string of the molecule is CCNC(c1cc(OC)c(OC)cc1F)C1(C)CCCO1. The molecular weight excluding hydrogens is 273 g/mol. The second-order valence-corrected chi connectivity index (χ2v) is 5.48. The maximum Gasteiger partial charge on any atom is 0.163 e. The molecule has 5 heteroatoms. The van der Waals surface area contributed by atoms with E-state index in [9.17, 15) is 4.39 Å². The van der Waals surface area contributed by atoms with Crippen LogP contribution < -0.4 is 14.8 Å². The highest BCUT2D eigenvalue weighted by molar-refractivity contribution is 5.45. The normalized spacial score (nSPS) is 23.1. The number of hydrogen-bond donors (Lipinski definition) is 1. The van der Waals surface area contributed by atoms with Gasteiger partial charge in [-0.15, -0.1) is 0 Å². The van der Waals surface area contributed by atoms with E-state index in [-0.39, 0.29) is 11.9 Å². The predicted molar refractivity (Wildman–Crippen MR) is 79.5 cm³/mol. The highest BCUT2D eigenvalue weighted by atomic mass is 19.1. The molecule has 21 heavy (non-hydrogen) atoms. The van der Waals surface area contributed by atoms with E-state index in [1.807, 2.05) is 13.8 Å². The molecule has 1 aliphatic heterocycles. The Kier molecular flexibility index (Phi) is 5.06. The van der Waals surface area contributed by atoms with Crippen LogP contribution in [0.25, 0.3) is 0 Å². The molecule has 1 aliphatic rings. The second-order valence-electron chi connectivity index (χ2n) is 5.48. The zero-order valence-electron chi connectivity index (χ0n) is 13.2. The summed E-state index contributed by atoms with van der Waals surface area (Å²) in [7, 11) is 3.05. The first kappa shape index (κ1) is 16.0. The third-order valence-corrected chi connectivity index (χ3v) is 4.08. The van der Waals surface area contributed by atoms with Gasteiger partial charge < -0.3 is 19.5 Å². The Balaban J connectivity index is 2.44. The van der Waals surface area contributed by atoms with Gasteiger partial charge in [0.2, 0.25) is 0 Å². The minimum atomic E-state index is -0.406. The third kappa shape index (κ3) is 3.14. The van der Waals surface area contributed by atoms with Crippen LogP contribution in [0.5, 0.6) is 11.5 Å². The van der Waals surface area contributed by atoms with Gasteiger partial charge >= 0.3 is 0 Å². The number of ether oxygens (including phenoxy) is 3. The average Bonchev–Trinajstić information content (AvgIpc) is 2.92. The van der Waals surface area contributed by atoms with Gasteiger partial charge in [-0.25, -0.2) is 4.39 Å². The fourth-order valence-corrected chi connectivity index (χ4v) is 2.98. The van der Waals surface area contributed by atoms with Gasteiger partial charge in [0.05, 0.1) is 25.9 Å². The number of methoxy groups -OCH3 is 2. The van der Waals surface area contributed by atoms with Crippen LogP contribution in [-0.2, 0) is 4.74 Å². The Morgan fingerprint density at radius 1 is 1.33 bits per heavy atom. The number of halogens is 1. The molecule has 0 aliphatic carbocycles. The van der Waals surface area contributed by atoms with Crippen molar-refractivity contribution < 1.29 is 18.6 Å². The molecule has 0 saturated carbocycles. The summed E-state index contributed by atoms with van der Waals surface area (Å²) >= 11 is 0. The van der Waals surface area contributed by atoms with Crippen LogP contribution in [0.3, 0.4) is 0 Å². The van der Waals surface area contributed by atoms with E-state index >= 15 is 0 Å². The van der Waals surface area contributed by atoms with Gasteiger partial charge in [0, 0.05) is 18.2 Å². The fraction of sp³-hybridized carbons (Fsp3) is 0.625. The molecule has 2 unspecified atom stereocenters. The molecule has 1 heterocycles. The lowest BCUT2D eigenvalue weighted by Gasteiger charge is -2.34. The minimum absolute atomic E-state index is 0.218. The van der Waals surface area contributed by atoms with Crippen molar-refractivity contribution >= 4 is 0 Å². The molecule has 1 saturated heterocycles. The summed E-state index contributed by atoms with van der Waals surface area (Å²) in [5.74, 6) is 0.611. The van der Waals surface area contributed by atoms with Crippen molar-refractivity contribution in [1.29, 1.82) is 0 Å². The summed E-state index contributed by atoms with van der Waals surface area (Å²) in [5, 5.41) is 3.35. The van der Waals surface area contributed by atoms with Crippen molar-refractivity contribution in [2.75, 3.05) is 27.4 Å². The van der Waals surface area contributed by atoms with Crippen molar-refractivity contribution in [1.82, 2.24) is 5.32 Å². The Bertz CT molecular complexity index is 487. The van der Waals surface area contributed by atoms with Crippen molar-refractivity contribution in [3.8, 4) is 11.5 Å². The van der Waals surface area contributed by atoms with Gasteiger partial charge in [0.15, 0.2) is 11.5 Å². The van der Waals surface area contributed by atoms with Gasteiger partial charge in [0.25, 0.3) is 0 Å². The van der Waals surface area contributed by atoms with Crippen molar-refractivity contribution in [2.24, 2.45) is 0 Å². The molecule has 0 aromatic heterocycles. The first-order valence-electron chi connectivity index (χ1n) is 7.34. The predicted octanol–water partition coefficient (Wildman–Crippen LogP) is 3.06. The average molecular weight is 297 g/mol. The van der Waals surface area contributed by atoms with E-state index in [1.54, 1.807) is 13.2 Å². The maximum atomic E-state index is 14.5. The van der Waals surface area contributed by atoms with E-state index in [4.69, 9.17) is 14.2 Å². The summed E-state index contributed by atoms with van der Waals surface area (Å²) < 4.78 is 30.9. The Morgan fingerprint density at radius 2 is 2.00 bits per heavy atom. The first-order chi connectivity index (χ1) is 10.1. The third-order valence-electron chi connectivity index (χ3n) is 4.08. The van der Waals surface area contributed by atoms with Gasteiger partial charge in [-0.2, -0.15) is 0 Å². The van der Waals surface area contributed by atoms with E-state index in [0.29, 0.717) is 23.7 Å². The van der Waals surface area contributed by atoms with Gasteiger partial charge in [0.1, 0.15) is 5.82 Å². The van der Waals surface area contributed by atoms with Gasteiger partial charge in [-0.3, -0.25) is 0 Å². The quantitative estimate of drug-likeness (QED) is 0.876. The molecule has 2 rings (SSSR count). The van der Waals surface area contributed by atoms with Crippen LogP contribution in [0.2, 0.25) is 0 Å². The maximum absolute atomic E-state index is 14.5.